The minimum Gasteiger partial charge on any atom is -0.329 e. The Labute approximate surface area is 125 Å². The molecule has 0 aliphatic heterocycles. The van der Waals surface area contributed by atoms with Crippen molar-refractivity contribution in [2.24, 2.45) is 5.73 Å². The van der Waals surface area contributed by atoms with E-state index in [1.165, 1.54) is 21.6 Å². The number of hydrogen-bond donors (Lipinski definition) is 1. The van der Waals surface area contributed by atoms with Gasteiger partial charge in [-0.1, -0.05) is 23.8 Å². The van der Waals surface area contributed by atoms with Crippen molar-refractivity contribution in [2.45, 2.75) is 33.4 Å². The van der Waals surface area contributed by atoms with Gasteiger partial charge in [0, 0.05) is 24.0 Å². The van der Waals surface area contributed by atoms with Crippen LogP contribution in [0.1, 0.15) is 33.3 Å². The second-order valence-electron chi connectivity index (χ2n) is 5.39. The lowest BCUT2D eigenvalue weighted by molar-refractivity contribution is 0.242. The summed E-state index contributed by atoms with van der Waals surface area (Å²) >= 11 is 1.71. The molecule has 2 rings (SSSR count). The number of aromatic nitrogens is 1. The van der Waals surface area contributed by atoms with Crippen molar-refractivity contribution in [2.75, 3.05) is 13.6 Å². The molecule has 0 spiro atoms. The van der Waals surface area contributed by atoms with Crippen LogP contribution in [0.15, 0.2) is 23.7 Å². The van der Waals surface area contributed by atoms with E-state index in [4.69, 9.17) is 5.73 Å². The Hall–Kier alpha value is -1.23. The normalized spacial score (nSPS) is 12.9. The number of benzene rings is 1. The Bertz CT molecular complexity index is 577. The van der Waals surface area contributed by atoms with E-state index in [1.54, 1.807) is 11.3 Å². The predicted octanol–water partition coefficient (Wildman–Crippen LogP) is 3.20. The molecule has 20 heavy (non-hydrogen) atoms. The first-order valence-electron chi connectivity index (χ1n) is 6.89. The van der Waals surface area contributed by atoms with Gasteiger partial charge in [-0.2, -0.15) is 0 Å². The molecule has 0 amide bonds. The Balaban J connectivity index is 2.23. The van der Waals surface area contributed by atoms with E-state index < -0.39 is 0 Å². The van der Waals surface area contributed by atoms with E-state index in [9.17, 15) is 0 Å². The summed E-state index contributed by atoms with van der Waals surface area (Å²) in [7, 11) is 2.14. The Kier molecular flexibility index (Phi) is 4.91. The van der Waals surface area contributed by atoms with Gasteiger partial charge in [0.25, 0.3) is 0 Å². The fourth-order valence-electron chi connectivity index (χ4n) is 2.48. The van der Waals surface area contributed by atoms with Gasteiger partial charge >= 0.3 is 0 Å². The molecule has 0 saturated carbocycles. The van der Waals surface area contributed by atoms with Crippen LogP contribution in [0.4, 0.5) is 0 Å². The molecule has 2 N–H and O–H groups in total. The standard InChI is InChI=1S/C16H23N3S/c1-11-5-6-12(2)14(7-11)15(8-17)19(4)9-16-13(3)18-10-20-16/h5-7,10,15H,8-9,17H2,1-4H3. The van der Waals surface area contributed by atoms with Crippen molar-refractivity contribution < 1.29 is 0 Å². The van der Waals surface area contributed by atoms with Crippen molar-refractivity contribution in [1.82, 2.24) is 9.88 Å². The molecule has 108 valence electrons. The Morgan fingerprint density at radius 3 is 2.65 bits per heavy atom. The molecule has 1 heterocycles. The lowest BCUT2D eigenvalue weighted by atomic mass is 9.98. The Morgan fingerprint density at radius 1 is 1.30 bits per heavy atom. The van der Waals surface area contributed by atoms with Crippen LogP contribution in [-0.4, -0.2) is 23.5 Å². The maximum Gasteiger partial charge on any atom is 0.0798 e. The summed E-state index contributed by atoms with van der Waals surface area (Å²) in [6, 6.07) is 6.83. The van der Waals surface area contributed by atoms with Crippen LogP contribution in [0.25, 0.3) is 0 Å². The summed E-state index contributed by atoms with van der Waals surface area (Å²) in [5, 5.41) is 0. The number of rotatable bonds is 5. The van der Waals surface area contributed by atoms with E-state index in [-0.39, 0.29) is 6.04 Å². The van der Waals surface area contributed by atoms with E-state index >= 15 is 0 Å². The van der Waals surface area contributed by atoms with Crippen molar-refractivity contribution in [3.05, 3.63) is 51.0 Å². The maximum absolute atomic E-state index is 6.04. The minimum atomic E-state index is 0.247. The zero-order chi connectivity index (χ0) is 14.7. The zero-order valence-corrected chi connectivity index (χ0v) is 13.5. The van der Waals surface area contributed by atoms with E-state index in [2.05, 4.69) is 55.9 Å². The highest BCUT2D eigenvalue weighted by atomic mass is 32.1. The second-order valence-corrected chi connectivity index (χ2v) is 6.33. The summed E-state index contributed by atoms with van der Waals surface area (Å²) in [4.78, 5) is 7.96. The number of hydrogen-bond acceptors (Lipinski definition) is 4. The fraction of sp³-hybridized carbons (Fsp3) is 0.438. The van der Waals surface area contributed by atoms with Crippen molar-refractivity contribution in [1.29, 1.82) is 0 Å². The molecule has 1 unspecified atom stereocenters. The van der Waals surface area contributed by atoms with Gasteiger partial charge in [0.2, 0.25) is 0 Å². The molecule has 2 aromatic rings. The molecule has 1 aromatic carbocycles. The first-order chi connectivity index (χ1) is 9.52. The molecular formula is C16H23N3S. The molecule has 0 aliphatic rings. The van der Waals surface area contributed by atoms with Gasteiger partial charge in [-0.25, -0.2) is 4.98 Å². The molecule has 0 fully saturated rings. The molecular weight excluding hydrogens is 266 g/mol. The number of nitrogens with zero attached hydrogens (tertiary/aromatic N) is 2. The molecule has 3 nitrogen and oxygen atoms in total. The highest BCUT2D eigenvalue weighted by Crippen LogP contribution is 2.26. The number of aryl methyl sites for hydroxylation is 3. The lowest BCUT2D eigenvalue weighted by Crippen LogP contribution is -2.30. The van der Waals surface area contributed by atoms with Gasteiger partial charge in [-0.05, 0) is 38.9 Å². The van der Waals surface area contributed by atoms with Gasteiger partial charge in [-0.15, -0.1) is 11.3 Å². The maximum atomic E-state index is 6.04. The monoisotopic (exact) mass is 289 g/mol. The molecule has 1 aromatic heterocycles. The largest absolute Gasteiger partial charge is 0.329 e. The first-order valence-corrected chi connectivity index (χ1v) is 7.77. The van der Waals surface area contributed by atoms with E-state index in [0.29, 0.717) is 6.54 Å². The smallest absolute Gasteiger partial charge is 0.0798 e. The molecule has 1 atom stereocenters. The third-order valence-corrected chi connectivity index (χ3v) is 4.71. The second kappa shape index (κ2) is 6.48. The summed E-state index contributed by atoms with van der Waals surface area (Å²) < 4.78 is 0. The van der Waals surface area contributed by atoms with Gasteiger partial charge in [0.05, 0.1) is 11.2 Å². The van der Waals surface area contributed by atoms with Crippen molar-refractivity contribution in [3.63, 3.8) is 0 Å². The zero-order valence-electron chi connectivity index (χ0n) is 12.7. The van der Waals surface area contributed by atoms with Crippen LogP contribution >= 0.6 is 11.3 Å². The average Bonchev–Trinajstić information content (AvgIpc) is 2.80. The molecule has 4 heteroatoms. The highest BCUT2D eigenvalue weighted by molar-refractivity contribution is 7.09. The van der Waals surface area contributed by atoms with Crippen LogP contribution in [0, 0.1) is 20.8 Å². The SMILES string of the molecule is Cc1ccc(C)c(C(CN)N(C)Cc2scnc2C)c1. The molecule has 0 saturated heterocycles. The Morgan fingerprint density at radius 2 is 2.05 bits per heavy atom. The number of nitrogens with two attached hydrogens (primary N) is 1. The number of likely N-dealkylation sites (N-methyl/N-ethyl adjacent to an activating group) is 1. The number of thiazole rings is 1. The van der Waals surface area contributed by atoms with Crippen LogP contribution < -0.4 is 5.73 Å². The quantitative estimate of drug-likeness (QED) is 0.919. The van der Waals surface area contributed by atoms with E-state index in [1.807, 2.05) is 5.51 Å². The minimum absolute atomic E-state index is 0.247. The van der Waals surface area contributed by atoms with Crippen molar-refractivity contribution in [3.8, 4) is 0 Å². The van der Waals surface area contributed by atoms with Crippen LogP contribution in [0.5, 0.6) is 0 Å². The highest BCUT2D eigenvalue weighted by Gasteiger charge is 2.19. The van der Waals surface area contributed by atoms with Gasteiger partial charge in [-0.3, -0.25) is 4.90 Å². The lowest BCUT2D eigenvalue weighted by Gasteiger charge is -2.28. The van der Waals surface area contributed by atoms with Crippen LogP contribution in [0.2, 0.25) is 0 Å². The topological polar surface area (TPSA) is 42.1 Å². The van der Waals surface area contributed by atoms with Gasteiger partial charge < -0.3 is 5.73 Å². The summed E-state index contributed by atoms with van der Waals surface area (Å²) in [6.45, 7) is 7.87. The molecule has 0 radical (unpaired) electrons. The van der Waals surface area contributed by atoms with Gasteiger partial charge in [0.1, 0.15) is 0 Å². The van der Waals surface area contributed by atoms with Gasteiger partial charge in [0.15, 0.2) is 0 Å². The summed E-state index contributed by atoms with van der Waals surface area (Å²) in [6.07, 6.45) is 0. The first kappa shape index (κ1) is 15.2. The van der Waals surface area contributed by atoms with Crippen molar-refractivity contribution >= 4 is 11.3 Å². The van der Waals surface area contributed by atoms with Crippen LogP contribution in [0.3, 0.4) is 0 Å². The molecule has 0 aliphatic carbocycles. The van der Waals surface area contributed by atoms with E-state index in [0.717, 1.165) is 12.2 Å². The predicted molar refractivity (Wildman–Crippen MR) is 86.0 cm³/mol. The summed E-state index contributed by atoms with van der Waals surface area (Å²) in [5.41, 5.74) is 13.0. The fourth-order valence-corrected chi connectivity index (χ4v) is 3.32. The average molecular weight is 289 g/mol. The molecule has 0 bridgehead atoms. The third-order valence-electron chi connectivity index (χ3n) is 3.79. The van der Waals surface area contributed by atoms with Crippen LogP contribution in [-0.2, 0) is 6.54 Å². The summed E-state index contributed by atoms with van der Waals surface area (Å²) in [5.74, 6) is 0. The third kappa shape index (κ3) is 3.26.